The van der Waals surface area contributed by atoms with E-state index in [2.05, 4.69) is 36.0 Å². The molecule has 0 aromatic carbocycles. The molecule has 1 aliphatic rings. The van der Waals surface area contributed by atoms with Gasteiger partial charge in [0.25, 0.3) is 5.91 Å². The first kappa shape index (κ1) is 14.0. The largest absolute Gasteiger partial charge is 0.336 e. The Morgan fingerprint density at radius 2 is 2.00 bits per heavy atom. The smallest absolute Gasteiger partial charge is 0.293 e. The number of aromatic nitrogens is 3. The third-order valence-electron chi connectivity index (χ3n) is 4.06. The maximum atomic E-state index is 12.3. The highest BCUT2D eigenvalue weighted by Crippen LogP contribution is 2.34. The molecule has 5 heteroatoms. The van der Waals surface area contributed by atoms with Gasteiger partial charge in [0.15, 0.2) is 0 Å². The number of nitrogens with one attached hydrogen (secondary N) is 1. The summed E-state index contributed by atoms with van der Waals surface area (Å²) in [7, 11) is 0. The molecule has 0 radical (unpaired) electrons. The van der Waals surface area contributed by atoms with Crippen LogP contribution in [0.3, 0.4) is 0 Å². The van der Waals surface area contributed by atoms with E-state index < -0.39 is 0 Å². The summed E-state index contributed by atoms with van der Waals surface area (Å²) in [5, 5.41) is 6.80. The highest BCUT2D eigenvalue weighted by atomic mass is 16.2. The topological polar surface area (TPSA) is 61.9 Å². The second-order valence-corrected chi connectivity index (χ2v) is 6.39. The number of rotatable bonds is 2. The van der Waals surface area contributed by atoms with Crippen LogP contribution in [0.1, 0.15) is 57.0 Å². The fourth-order valence-corrected chi connectivity index (χ4v) is 2.64. The number of H-pyrrole nitrogens is 1. The molecule has 0 unspecified atom stereocenters. The van der Waals surface area contributed by atoms with Gasteiger partial charge >= 0.3 is 0 Å². The third kappa shape index (κ3) is 3.14. The molecule has 1 N–H and O–H groups in total. The second kappa shape index (κ2) is 5.31. The van der Waals surface area contributed by atoms with E-state index in [1.807, 2.05) is 11.8 Å². The Labute approximate surface area is 114 Å². The number of carbonyl (C=O) groups excluding carboxylic acids is 1. The number of likely N-dealkylation sites (tertiary alicyclic amines) is 1. The minimum Gasteiger partial charge on any atom is -0.336 e. The summed E-state index contributed by atoms with van der Waals surface area (Å²) < 4.78 is 0. The van der Waals surface area contributed by atoms with Gasteiger partial charge in [0.05, 0.1) is 0 Å². The van der Waals surface area contributed by atoms with Crippen molar-refractivity contribution in [1.29, 1.82) is 0 Å². The summed E-state index contributed by atoms with van der Waals surface area (Å²) in [5.74, 6) is 1.73. The average molecular weight is 264 g/mol. The van der Waals surface area contributed by atoms with Gasteiger partial charge in [0, 0.05) is 19.5 Å². The molecule has 5 nitrogen and oxygen atoms in total. The molecule has 1 aromatic heterocycles. The van der Waals surface area contributed by atoms with E-state index >= 15 is 0 Å². The number of aryl methyl sites for hydroxylation is 1. The van der Waals surface area contributed by atoms with Crippen LogP contribution < -0.4 is 0 Å². The van der Waals surface area contributed by atoms with E-state index in [4.69, 9.17) is 0 Å². The second-order valence-electron chi connectivity index (χ2n) is 6.39. The van der Waals surface area contributed by atoms with Crippen LogP contribution in [0.25, 0.3) is 0 Å². The summed E-state index contributed by atoms with van der Waals surface area (Å²) in [4.78, 5) is 18.4. The number of carbonyl (C=O) groups is 1. The van der Waals surface area contributed by atoms with Crippen molar-refractivity contribution in [2.75, 3.05) is 13.1 Å². The zero-order chi connectivity index (χ0) is 14.0. The molecule has 0 saturated carbocycles. The van der Waals surface area contributed by atoms with E-state index in [-0.39, 0.29) is 5.91 Å². The van der Waals surface area contributed by atoms with Gasteiger partial charge in [0.2, 0.25) is 5.82 Å². The van der Waals surface area contributed by atoms with Gasteiger partial charge in [-0.15, -0.1) is 5.10 Å². The van der Waals surface area contributed by atoms with Gasteiger partial charge in [-0.1, -0.05) is 27.7 Å². The van der Waals surface area contributed by atoms with Crippen molar-refractivity contribution >= 4 is 5.91 Å². The lowest BCUT2D eigenvalue weighted by molar-refractivity contribution is 0.0597. The number of amides is 1. The number of hydrogen-bond donors (Lipinski definition) is 1. The lowest BCUT2D eigenvalue weighted by Gasteiger charge is -2.38. The van der Waals surface area contributed by atoms with E-state index in [0.29, 0.717) is 17.2 Å². The molecule has 0 spiro atoms. The molecule has 0 atom stereocenters. The molecule has 0 aliphatic carbocycles. The predicted molar refractivity (Wildman–Crippen MR) is 73.8 cm³/mol. The minimum atomic E-state index is -0.0386. The summed E-state index contributed by atoms with van der Waals surface area (Å²) in [5.41, 5.74) is 0.328. The van der Waals surface area contributed by atoms with Crippen molar-refractivity contribution < 1.29 is 4.79 Å². The average Bonchev–Trinajstić information content (AvgIpc) is 2.86. The van der Waals surface area contributed by atoms with Crippen molar-refractivity contribution in [3.63, 3.8) is 0 Å². The van der Waals surface area contributed by atoms with Crippen LogP contribution in [0, 0.1) is 11.3 Å². The maximum Gasteiger partial charge on any atom is 0.293 e. The Hall–Kier alpha value is -1.39. The molecule has 1 aliphatic heterocycles. The molecular weight excluding hydrogens is 240 g/mol. The molecule has 19 heavy (non-hydrogen) atoms. The Balaban J connectivity index is 1.96. The molecule has 1 amide bonds. The number of aromatic amines is 1. The number of hydrogen-bond acceptors (Lipinski definition) is 3. The van der Waals surface area contributed by atoms with Crippen LogP contribution in [0.5, 0.6) is 0 Å². The molecule has 0 bridgehead atoms. The fraction of sp³-hybridized carbons (Fsp3) is 0.786. The van der Waals surface area contributed by atoms with E-state index in [0.717, 1.165) is 38.2 Å². The van der Waals surface area contributed by atoms with Crippen LogP contribution in [0.2, 0.25) is 0 Å². The zero-order valence-corrected chi connectivity index (χ0v) is 12.4. The molecule has 1 aromatic rings. The predicted octanol–water partition coefficient (Wildman–Crippen LogP) is 2.27. The van der Waals surface area contributed by atoms with Gasteiger partial charge in [-0.2, -0.15) is 0 Å². The Bertz CT molecular complexity index is 439. The van der Waals surface area contributed by atoms with E-state index in [1.54, 1.807) is 0 Å². The minimum absolute atomic E-state index is 0.0386. The van der Waals surface area contributed by atoms with E-state index in [1.165, 1.54) is 0 Å². The van der Waals surface area contributed by atoms with Gasteiger partial charge in [0.1, 0.15) is 5.82 Å². The molecule has 2 heterocycles. The highest BCUT2D eigenvalue weighted by Gasteiger charge is 2.31. The monoisotopic (exact) mass is 264 g/mol. The quantitative estimate of drug-likeness (QED) is 0.891. The normalized spacial score (nSPS) is 17.8. The third-order valence-corrected chi connectivity index (χ3v) is 4.06. The standard InChI is InChI=1S/C14H24N4O/c1-5-11-15-12(17-16-11)13(19)18-8-6-10(7-9-18)14(2,3)4/h10H,5-9H2,1-4H3,(H,15,16,17). The van der Waals surface area contributed by atoms with Crippen LogP contribution in [0.15, 0.2) is 0 Å². The number of piperidine rings is 1. The van der Waals surface area contributed by atoms with Crippen LogP contribution in [-0.2, 0) is 6.42 Å². The Kier molecular flexibility index (Phi) is 3.92. The van der Waals surface area contributed by atoms with Crippen molar-refractivity contribution in [1.82, 2.24) is 20.1 Å². The molecule has 106 valence electrons. The lowest BCUT2D eigenvalue weighted by atomic mass is 9.75. The Morgan fingerprint density at radius 3 is 2.47 bits per heavy atom. The SMILES string of the molecule is CCc1nc(C(=O)N2CCC(C(C)(C)C)CC2)n[nH]1. The van der Waals surface area contributed by atoms with Crippen molar-refractivity contribution in [3.8, 4) is 0 Å². The van der Waals surface area contributed by atoms with Crippen molar-refractivity contribution in [2.45, 2.75) is 47.0 Å². The van der Waals surface area contributed by atoms with Crippen molar-refractivity contribution in [2.24, 2.45) is 11.3 Å². The molecular formula is C14H24N4O. The van der Waals surface area contributed by atoms with Crippen LogP contribution >= 0.6 is 0 Å². The van der Waals surface area contributed by atoms with Crippen LogP contribution in [-0.4, -0.2) is 39.1 Å². The number of nitrogens with zero attached hydrogens (tertiary/aromatic N) is 3. The zero-order valence-electron chi connectivity index (χ0n) is 12.4. The van der Waals surface area contributed by atoms with E-state index in [9.17, 15) is 4.79 Å². The first-order valence-electron chi connectivity index (χ1n) is 7.12. The first-order chi connectivity index (χ1) is 8.91. The summed E-state index contributed by atoms with van der Waals surface area (Å²) in [6.45, 7) is 10.4. The fourth-order valence-electron chi connectivity index (χ4n) is 2.64. The van der Waals surface area contributed by atoms with Gasteiger partial charge in [-0.3, -0.25) is 9.89 Å². The van der Waals surface area contributed by atoms with Gasteiger partial charge < -0.3 is 4.90 Å². The highest BCUT2D eigenvalue weighted by molar-refractivity contribution is 5.90. The van der Waals surface area contributed by atoms with Crippen molar-refractivity contribution in [3.05, 3.63) is 11.6 Å². The molecule has 2 rings (SSSR count). The Morgan fingerprint density at radius 1 is 1.37 bits per heavy atom. The van der Waals surface area contributed by atoms with Crippen LogP contribution in [0.4, 0.5) is 0 Å². The lowest BCUT2D eigenvalue weighted by Crippen LogP contribution is -2.41. The molecule has 1 saturated heterocycles. The summed E-state index contributed by atoms with van der Waals surface area (Å²) in [6.07, 6.45) is 2.91. The first-order valence-corrected chi connectivity index (χ1v) is 7.12. The molecule has 1 fully saturated rings. The maximum absolute atomic E-state index is 12.3. The summed E-state index contributed by atoms with van der Waals surface area (Å²) >= 11 is 0. The van der Waals surface area contributed by atoms with Gasteiger partial charge in [-0.25, -0.2) is 4.98 Å². The van der Waals surface area contributed by atoms with Gasteiger partial charge in [-0.05, 0) is 24.2 Å². The summed E-state index contributed by atoms with van der Waals surface area (Å²) in [6, 6.07) is 0.